The molecule has 0 aliphatic heterocycles. The molecule has 4 rings (SSSR count). The van der Waals surface area contributed by atoms with Crippen molar-refractivity contribution in [3.05, 3.63) is 88.3 Å². The summed E-state index contributed by atoms with van der Waals surface area (Å²) in [6, 6.07) is 16.7. The molecule has 192 valence electrons. The lowest BCUT2D eigenvalue weighted by Crippen LogP contribution is -2.24. The number of rotatable bonds is 6. The number of thiazole rings is 1. The minimum absolute atomic E-state index is 0.340. The Morgan fingerprint density at radius 1 is 0.973 bits per heavy atom. The van der Waals surface area contributed by atoms with Crippen molar-refractivity contribution in [1.29, 1.82) is 0 Å². The Morgan fingerprint density at radius 3 is 2.14 bits per heavy atom. The van der Waals surface area contributed by atoms with E-state index in [2.05, 4.69) is 10.3 Å². The van der Waals surface area contributed by atoms with Crippen molar-refractivity contribution in [2.24, 2.45) is 0 Å². The molecule has 6 nitrogen and oxygen atoms in total. The molecule has 0 radical (unpaired) electrons. The summed E-state index contributed by atoms with van der Waals surface area (Å²) in [7, 11) is -1.91. The molecule has 12 heteroatoms. The van der Waals surface area contributed by atoms with Gasteiger partial charge >= 0.3 is 6.18 Å². The normalized spacial score (nSPS) is 11.8. The van der Waals surface area contributed by atoms with Gasteiger partial charge in [0.1, 0.15) is 0 Å². The van der Waals surface area contributed by atoms with Gasteiger partial charge in [-0.1, -0.05) is 41.9 Å². The molecule has 37 heavy (non-hydrogen) atoms. The smallest absolute Gasteiger partial charge is 0.298 e. The summed E-state index contributed by atoms with van der Waals surface area (Å²) in [6.45, 7) is 0. The number of amides is 1. The molecule has 1 aromatic heterocycles. The van der Waals surface area contributed by atoms with E-state index in [9.17, 15) is 26.4 Å². The molecule has 0 atom stereocenters. The minimum atomic E-state index is -4.54. The lowest BCUT2D eigenvalue weighted by atomic mass is 10.0. The number of carbonyl (C=O) groups is 1. The Bertz CT molecular complexity index is 1550. The summed E-state index contributed by atoms with van der Waals surface area (Å²) in [5.41, 5.74) is 2.40. The fourth-order valence-electron chi connectivity index (χ4n) is 3.41. The Kier molecular flexibility index (Phi) is 7.31. The predicted octanol–water partition coefficient (Wildman–Crippen LogP) is 6.80. The van der Waals surface area contributed by atoms with Crippen LogP contribution in [0.3, 0.4) is 0 Å². The van der Waals surface area contributed by atoms with Crippen molar-refractivity contribution < 1.29 is 26.4 Å². The highest BCUT2D eigenvalue weighted by molar-refractivity contribution is 7.92. The molecular weight excluding hydrogens is 547 g/mol. The highest BCUT2D eigenvalue weighted by Gasteiger charge is 2.33. The summed E-state index contributed by atoms with van der Waals surface area (Å²) in [5.74, 6) is -0.400. The summed E-state index contributed by atoms with van der Waals surface area (Å²) < 4.78 is 63.3. The third kappa shape index (κ3) is 6.12. The first-order chi connectivity index (χ1) is 17.3. The van der Waals surface area contributed by atoms with Gasteiger partial charge in [0.25, 0.3) is 5.91 Å². The van der Waals surface area contributed by atoms with Crippen LogP contribution in [0.1, 0.15) is 15.9 Å². The lowest BCUT2D eigenvalue weighted by Gasteiger charge is -2.16. The van der Waals surface area contributed by atoms with Gasteiger partial charge in [-0.3, -0.25) is 14.4 Å². The monoisotopic (exact) mass is 565 g/mol. The van der Waals surface area contributed by atoms with Gasteiger partial charge in [0, 0.05) is 23.6 Å². The van der Waals surface area contributed by atoms with E-state index in [-0.39, 0.29) is 0 Å². The number of hydrogen-bond acceptors (Lipinski definition) is 5. The highest BCUT2D eigenvalue weighted by atomic mass is 35.5. The molecule has 0 unspecified atom stereocenters. The second kappa shape index (κ2) is 10.2. The second-order valence-electron chi connectivity index (χ2n) is 8.04. The standard InChI is InChI=1S/C25H19ClF3N3O3S2/c1-32(37(2,34)35)19-10-7-16(8-11-19)22-14-36-24(30-22)31-23(33)17-5-3-15(4-6-17)18-9-12-20(21(26)13-18)25(27,28)29/h3-14H,1-2H3,(H,30,31,33). The van der Waals surface area contributed by atoms with E-state index in [4.69, 9.17) is 11.6 Å². The number of anilines is 2. The van der Waals surface area contributed by atoms with Gasteiger partial charge < -0.3 is 0 Å². The van der Waals surface area contributed by atoms with Crippen molar-refractivity contribution in [2.45, 2.75) is 6.18 Å². The lowest BCUT2D eigenvalue weighted by molar-refractivity contribution is -0.137. The first-order valence-corrected chi connectivity index (χ1v) is 13.7. The molecule has 0 spiro atoms. The van der Waals surface area contributed by atoms with Crippen molar-refractivity contribution in [2.75, 3.05) is 22.9 Å². The SMILES string of the molecule is CN(c1ccc(-c2csc(NC(=O)c3ccc(-c4ccc(C(F)(F)F)c(Cl)c4)cc3)n2)cc1)S(C)(=O)=O. The van der Waals surface area contributed by atoms with Crippen LogP contribution in [-0.2, 0) is 16.2 Å². The van der Waals surface area contributed by atoms with E-state index >= 15 is 0 Å². The van der Waals surface area contributed by atoms with Gasteiger partial charge in [0.05, 0.1) is 28.2 Å². The summed E-state index contributed by atoms with van der Waals surface area (Å²) in [5, 5.41) is 4.46. The fraction of sp³-hybridized carbons (Fsp3) is 0.120. The average molecular weight is 566 g/mol. The average Bonchev–Trinajstić information content (AvgIpc) is 3.30. The number of halogens is 4. The Labute approximate surface area is 220 Å². The molecule has 1 amide bonds. The van der Waals surface area contributed by atoms with Crippen molar-refractivity contribution in [3.8, 4) is 22.4 Å². The van der Waals surface area contributed by atoms with Crippen LogP contribution in [0.25, 0.3) is 22.4 Å². The molecule has 0 saturated carbocycles. The summed E-state index contributed by atoms with van der Waals surface area (Å²) in [6.07, 6.45) is -3.42. The van der Waals surface area contributed by atoms with Crippen molar-refractivity contribution >= 4 is 49.7 Å². The van der Waals surface area contributed by atoms with E-state index in [1.807, 2.05) is 0 Å². The molecule has 0 aliphatic rings. The quantitative estimate of drug-likeness (QED) is 0.279. The minimum Gasteiger partial charge on any atom is -0.298 e. The number of sulfonamides is 1. The maximum atomic E-state index is 12.9. The Balaban J connectivity index is 1.44. The van der Waals surface area contributed by atoms with E-state index in [1.165, 1.54) is 34.8 Å². The Hall–Kier alpha value is -3.41. The summed E-state index contributed by atoms with van der Waals surface area (Å²) >= 11 is 7.04. The first kappa shape index (κ1) is 26.6. The van der Waals surface area contributed by atoms with Crippen LogP contribution in [0.5, 0.6) is 0 Å². The topological polar surface area (TPSA) is 79.4 Å². The molecule has 1 N–H and O–H groups in total. The number of aromatic nitrogens is 1. The van der Waals surface area contributed by atoms with Crippen LogP contribution in [-0.4, -0.2) is 32.6 Å². The van der Waals surface area contributed by atoms with Gasteiger partial charge in [0.2, 0.25) is 10.0 Å². The van der Waals surface area contributed by atoms with Gasteiger partial charge in [-0.2, -0.15) is 13.2 Å². The van der Waals surface area contributed by atoms with Crippen molar-refractivity contribution in [3.63, 3.8) is 0 Å². The van der Waals surface area contributed by atoms with Crippen LogP contribution in [0.2, 0.25) is 5.02 Å². The third-order valence-electron chi connectivity index (χ3n) is 5.50. The molecule has 0 fully saturated rings. The Morgan fingerprint density at radius 2 is 1.57 bits per heavy atom. The van der Waals surface area contributed by atoms with Gasteiger partial charge in [-0.15, -0.1) is 11.3 Å². The molecule has 0 bridgehead atoms. The highest BCUT2D eigenvalue weighted by Crippen LogP contribution is 2.37. The van der Waals surface area contributed by atoms with Gasteiger partial charge in [-0.05, 0) is 47.5 Å². The van der Waals surface area contributed by atoms with Crippen LogP contribution in [0, 0.1) is 0 Å². The van der Waals surface area contributed by atoms with Crippen molar-refractivity contribution in [1.82, 2.24) is 4.98 Å². The van der Waals surface area contributed by atoms with Crippen LogP contribution in [0.15, 0.2) is 72.1 Å². The third-order valence-corrected chi connectivity index (χ3v) is 7.78. The number of nitrogens with zero attached hydrogens (tertiary/aromatic N) is 2. The number of carbonyl (C=O) groups excluding carboxylic acids is 1. The second-order valence-corrected chi connectivity index (χ2v) is 11.3. The number of alkyl halides is 3. The van der Waals surface area contributed by atoms with E-state index in [1.54, 1.807) is 53.9 Å². The molecule has 1 heterocycles. The molecule has 3 aromatic carbocycles. The molecule has 0 aliphatic carbocycles. The van der Waals surface area contributed by atoms with E-state index in [0.717, 1.165) is 17.9 Å². The largest absolute Gasteiger partial charge is 0.417 e. The maximum absolute atomic E-state index is 12.9. The molecular formula is C25H19ClF3N3O3S2. The van der Waals surface area contributed by atoms with Gasteiger partial charge in [-0.25, -0.2) is 13.4 Å². The number of hydrogen-bond donors (Lipinski definition) is 1. The molecule has 0 saturated heterocycles. The summed E-state index contributed by atoms with van der Waals surface area (Å²) in [4.78, 5) is 17.1. The van der Waals surface area contributed by atoms with Gasteiger partial charge in [0.15, 0.2) is 5.13 Å². The fourth-order valence-corrected chi connectivity index (χ4v) is 4.91. The van der Waals surface area contributed by atoms with Crippen LogP contribution < -0.4 is 9.62 Å². The zero-order valence-electron chi connectivity index (χ0n) is 19.4. The van der Waals surface area contributed by atoms with E-state index in [0.29, 0.717) is 33.2 Å². The number of benzene rings is 3. The van der Waals surface area contributed by atoms with Crippen LogP contribution >= 0.6 is 22.9 Å². The first-order valence-electron chi connectivity index (χ1n) is 10.6. The predicted molar refractivity (Wildman–Crippen MR) is 141 cm³/mol. The zero-order valence-corrected chi connectivity index (χ0v) is 21.8. The molecule has 4 aromatic rings. The number of nitrogens with one attached hydrogen (secondary N) is 1. The zero-order chi connectivity index (χ0) is 27.0. The van der Waals surface area contributed by atoms with E-state index < -0.39 is 32.7 Å². The maximum Gasteiger partial charge on any atom is 0.417 e. The van der Waals surface area contributed by atoms with Crippen LogP contribution in [0.4, 0.5) is 24.0 Å².